The van der Waals surface area contributed by atoms with Gasteiger partial charge in [-0.05, 0) is 25.7 Å². The number of hydrogen-bond acceptors (Lipinski definition) is 2. The summed E-state index contributed by atoms with van der Waals surface area (Å²) in [5.41, 5.74) is -0.875. The number of carbonyl (C=O) groups excluding carboxylic acids is 1. The van der Waals surface area contributed by atoms with Gasteiger partial charge in [-0.2, -0.15) is 0 Å². The Bertz CT molecular complexity index is 280. The minimum absolute atomic E-state index is 0.0337. The molecule has 1 fully saturated rings. The third-order valence-corrected chi connectivity index (χ3v) is 3.78. The van der Waals surface area contributed by atoms with E-state index in [4.69, 9.17) is 0 Å². The monoisotopic (exact) mass is 227 g/mol. The van der Waals surface area contributed by atoms with Gasteiger partial charge in [-0.15, -0.1) is 0 Å². The lowest BCUT2D eigenvalue weighted by atomic mass is 9.79. The Kier molecular flexibility index (Phi) is 3.94. The molecular weight excluding hydrogens is 206 g/mol. The fraction of sp³-hybridized carbons (Fsp3) is 0.833. The molecule has 1 N–H and O–H groups in total. The molecule has 4 nitrogen and oxygen atoms in total. The zero-order chi connectivity index (χ0) is 12.3. The molecule has 0 spiro atoms. The van der Waals surface area contributed by atoms with E-state index in [0.717, 1.165) is 12.8 Å². The van der Waals surface area contributed by atoms with Crippen LogP contribution in [0.15, 0.2) is 0 Å². The summed E-state index contributed by atoms with van der Waals surface area (Å²) < 4.78 is 0. The summed E-state index contributed by atoms with van der Waals surface area (Å²) >= 11 is 0. The van der Waals surface area contributed by atoms with E-state index in [1.54, 1.807) is 11.9 Å². The largest absolute Gasteiger partial charge is 0.481 e. The Morgan fingerprint density at radius 3 is 2.12 bits per heavy atom. The fourth-order valence-electron chi connectivity index (χ4n) is 1.96. The first-order valence-corrected chi connectivity index (χ1v) is 5.96. The van der Waals surface area contributed by atoms with E-state index in [2.05, 4.69) is 0 Å². The highest BCUT2D eigenvalue weighted by Crippen LogP contribution is 2.33. The Morgan fingerprint density at radius 2 is 1.81 bits per heavy atom. The molecule has 16 heavy (non-hydrogen) atoms. The van der Waals surface area contributed by atoms with Crippen molar-refractivity contribution in [3.05, 3.63) is 0 Å². The van der Waals surface area contributed by atoms with Crippen LogP contribution in [0.1, 0.15) is 46.0 Å². The Hall–Kier alpha value is -1.06. The number of rotatable bonds is 6. The predicted octanol–water partition coefficient (Wildman–Crippen LogP) is 1.89. The van der Waals surface area contributed by atoms with Crippen LogP contribution in [-0.4, -0.2) is 35.0 Å². The van der Waals surface area contributed by atoms with Gasteiger partial charge in [0.15, 0.2) is 0 Å². The zero-order valence-corrected chi connectivity index (χ0v) is 10.3. The van der Waals surface area contributed by atoms with Gasteiger partial charge < -0.3 is 10.0 Å². The molecule has 0 radical (unpaired) electrons. The normalized spacial score (nSPS) is 15.9. The smallest absolute Gasteiger partial charge is 0.310 e. The predicted molar refractivity (Wildman–Crippen MR) is 61.1 cm³/mol. The highest BCUT2D eigenvalue weighted by molar-refractivity contribution is 5.85. The summed E-state index contributed by atoms with van der Waals surface area (Å²) in [5.74, 6) is -0.886. The summed E-state index contributed by atoms with van der Waals surface area (Å²) in [6.45, 7) is 3.67. The van der Waals surface area contributed by atoms with Gasteiger partial charge in [-0.25, -0.2) is 0 Å². The van der Waals surface area contributed by atoms with Gasteiger partial charge in [0.2, 0.25) is 5.91 Å². The Balaban J connectivity index is 2.67. The van der Waals surface area contributed by atoms with Crippen molar-refractivity contribution in [1.29, 1.82) is 0 Å². The summed E-state index contributed by atoms with van der Waals surface area (Å²) in [5, 5.41) is 9.24. The van der Waals surface area contributed by atoms with Crippen molar-refractivity contribution in [2.45, 2.75) is 52.0 Å². The zero-order valence-electron chi connectivity index (χ0n) is 10.3. The van der Waals surface area contributed by atoms with Crippen LogP contribution in [0.3, 0.4) is 0 Å². The molecule has 0 aromatic heterocycles. The molecule has 1 aliphatic carbocycles. The number of amides is 1. The molecule has 1 aliphatic rings. The highest BCUT2D eigenvalue weighted by atomic mass is 16.4. The topological polar surface area (TPSA) is 57.6 Å². The van der Waals surface area contributed by atoms with Gasteiger partial charge in [0.1, 0.15) is 0 Å². The van der Waals surface area contributed by atoms with Gasteiger partial charge in [0, 0.05) is 19.5 Å². The standard InChI is InChI=1S/C12H21NO3/c1-4-12(5-2,11(15)16)8-10(14)13(3)9-6-7-9/h9H,4-8H2,1-3H3,(H,15,16). The molecule has 4 heteroatoms. The van der Waals surface area contributed by atoms with Gasteiger partial charge >= 0.3 is 5.97 Å². The molecule has 0 unspecified atom stereocenters. The molecule has 0 aliphatic heterocycles. The van der Waals surface area contributed by atoms with Crippen LogP contribution in [0, 0.1) is 5.41 Å². The van der Waals surface area contributed by atoms with E-state index in [9.17, 15) is 14.7 Å². The maximum atomic E-state index is 11.9. The fourth-order valence-corrected chi connectivity index (χ4v) is 1.96. The number of carboxylic acid groups (broad SMARTS) is 1. The first-order valence-electron chi connectivity index (χ1n) is 5.96. The molecule has 92 valence electrons. The molecular formula is C12H21NO3. The van der Waals surface area contributed by atoms with Crippen molar-refractivity contribution in [2.75, 3.05) is 7.05 Å². The lowest BCUT2D eigenvalue weighted by molar-refractivity contribution is -0.154. The number of aliphatic carboxylic acids is 1. The summed E-state index contributed by atoms with van der Waals surface area (Å²) in [7, 11) is 1.78. The van der Waals surface area contributed by atoms with Crippen molar-refractivity contribution < 1.29 is 14.7 Å². The molecule has 0 aromatic rings. The van der Waals surface area contributed by atoms with Gasteiger partial charge in [-0.1, -0.05) is 13.8 Å². The second kappa shape index (κ2) is 4.85. The average molecular weight is 227 g/mol. The Morgan fingerprint density at radius 1 is 1.31 bits per heavy atom. The molecule has 0 atom stereocenters. The minimum Gasteiger partial charge on any atom is -0.481 e. The van der Waals surface area contributed by atoms with E-state index in [1.165, 1.54) is 0 Å². The maximum Gasteiger partial charge on any atom is 0.310 e. The molecule has 1 rings (SSSR count). The maximum absolute atomic E-state index is 11.9. The minimum atomic E-state index is -0.875. The van der Waals surface area contributed by atoms with E-state index >= 15 is 0 Å². The van der Waals surface area contributed by atoms with Crippen molar-refractivity contribution >= 4 is 11.9 Å². The van der Waals surface area contributed by atoms with Crippen LogP contribution in [-0.2, 0) is 9.59 Å². The lowest BCUT2D eigenvalue weighted by Crippen LogP contribution is -2.38. The van der Waals surface area contributed by atoms with Gasteiger partial charge in [-0.3, -0.25) is 9.59 Å². The summed E-state index contributed by atoms with van der Waals surface area (Å²) in [4.78, 5) is 24.9. The Labute approximate surface area is 96.6 Å². The van der Waals surface area contributed by atoms with Crippen LogP contribution in [0.4, 0.5) is 0 Å². The summed E-state index contributed by atoms with van der Waals surface area (Å²) in [6, 6.07) is 0.354. The van der Waals surface area contributed by atoms with Crippen molar-refractivity contribution in [1.82, 2.24) is 4.90 Å². The molecule has 0 bridgehead atoms. The van der Waals surface area contributed by atoms with Crippen LogP contribution >= 0.6 is 0 Å². The van der Waals surface area contributed by atoms with E-state index in [0.29, 0.717) is 18.9 Å². The van der Waals surface area contributed by atoms with Crippen LogP contribution in [0.25, 0.3) is 0 Å². The second-order valence-corrected chi connectivity index (χ2v) is 4.71. The first kappa shape index (κ1) is 13.0. The SMILES string of the molecule is CCC(CC)(CC(=O)N(C)C1CC1)C(=O)O. The van der Waals surface area contributed by atoms with Crippen molar-refractivity contribution in [3.8, 4) is 0 Å². The third kappa shape index (κ3) is 2.54. The van der Waals surface area contributed by atoms with E-state index in [1.807, 2.05) is 13.8 Å². The average Bonchev–Trinajstić information content (AvgIpc) is 3.08. The number of carboxylic acids is 1. The van der Waals surface area contributed by atoms with Gasteiger partial charge in [0.25, 0.3) is 0 Å². The lowest BCUT2D eigenvalue weighted by Gasteiger charge is -2.28. The second-order valence-electron chi connectivity index (χ2n) is 4.71. The van der Waals surface area contributed by atoms with E-state index in [-0.39, 0.29) is 12.3 Å². The van der Waals surface area contributed by atoms with Crippen molar-refractivity contribution in [3.63, 3.8) is 0 Å². The van der Waals surface area contributed by atoms with Gasteiger partial charge in [0.05, 0.1) is 5.41 Å². The van der Waals surface area contributed by atoms with Crippen LogP contribution < -0.4 is 0 Å². The van der Waals surface area contributed by atoms with Crippen LogP contribution in [0.5, 0.6) is 0 Å². The number of carbonyl (C=O) groups is 2. The molecule has 1 saturated carbocycles. The third-order valence-electron chi connectivity index (χ3n) is 3.78. The molecule has 0 heterocycles. The first-order chi connectivity index (χ1) is 7.46. The number of nitrogens with zero attached hydrogens (tertiary/aromatic N) is 1. The van der Waals surface area contributed by atoms with E-state index < -0.39 is 11.4 Å². The quantitative estimate of drug-likeness (QED) is 0.753. The molecule has 1 amide bonds. The van der Waals surface area contributed by atoms with Crippen molar-refractivity contribution in [2.24, 2.45) is 5.41 Å². The molecule has 0 aromatic carbocycles. The summed E-state index contributed by atoms with van der Waals surface area (Å²) in [6.07, 6.45) is 3.25. The number of hydrogen-bond donors (Lipinski definition) is 1. The molecule has 0 saturated heterocycles. The van der Waals surface area contributed by atoms with Crippen LogP contribution in [0.2, 0.25) is 0 Å². The highest BCUT2D eigenvalue weighted by Gasteiger charge is 2.40.